The third-order valence-corrected chi connectivity index (χ3v) is 3.07. The van der Waals surface area contributed by atoms with Gasteiger partial charge in [-0.25, -0.2) is 9.78 Å². The molecule has 1 saturated heterocycles. The van der Waals surface area contributed by atoms with Gasteiger partial charge in [-0.15, -0.1) is 0 Å². The molecule has 0 unspecified atom stereocenters. The largest absolute Gasteiger partial charge is 0.222 e. The average molecular weight is 227 g/mol. The molecule has 1 aliphatic carbocycles. The fourth-order valence-corrected chi connectivity index (χ4v) is 2.53. The Morgan fingerprint density at radius 2 is 1.93 bits per heavy atom. The molecule has 3 aliphatic rings. The van der Waals surface area contributed by atoms with Crippen LogP contribution in [0.2, 0.25) is 0 Å². The molecule has 3 heteroatoms. The Bertz CT molecular complexity index is 384. The quantitative estimate of drug-likeness (QED) is 0.358. The first kappa shape index (κ1) is 10.9. The smallest absolute Gasteiger partial charge is 0.220 e. The number of halogens is 1. The third kappa shape index (κ3) is 1.57. The van der Waals surface area contributed by atoms with Crippen LogP contribution in [0.4, 0.5) is 0 Å². The van der Waals surface area contributed by atoms with E-state index >= 15 is 0 Å². The van der Waals surface area contributed by atoms with Gasteiger partial charge < -0.3 is 0 Å². The summed E-state index contributed by atoms with van der Waals surface area (Å²) < 4.78 is 0. The topological polar surface area (TPSA) is 18.5 Å². The van der Waals surface area contributed by atoms with Gasteiger partial charge in [0.05, 0.1) is 0 Å². The molecule has 0 aromatic heterocycles. The molecular weight excluding hydrogens is 212 g/mol. The number of allylic oxidation sites excluding steroid dienone is 2. The van der Waals surface area contributed by atoms with Gasteiger partial charge in [-0.2, -0.15) is 0 Å². The van der Waals surface area contributed by atoms with E-state index in [9.17, 15) is 0 Å². The lowest BCUT2D eigenvalue weighted by Crippen LogP contribution is -2.42. The fourth-order valence-electron chi connectivity index (χ4n) is 2.13. The molecule has 0 aromatic rings. The van der Waals surface area contributed by atoms with Gasteiger partial charge in [0.2, 0.25) is 5.06 Å². The highest BCUT2D eigenvalue weighted by Crippen LogP contribution is 2.47. The Labute approximate surface area is 95.1 Å². The number of rotatable bonds is 0. The second kappa shape index (κ2) is 3.48. The molecule has 0 spiro atoms. The van der Waals surface area contributed by atoms with Crippen LogP contribution in [0.1, 0.15) is 27.7 Å². The van der Waals surface area contributed by atoms with E-state index in [0.29, 0.717) is 0 Å². The standard InChI is InChI=1S/C12H15ClO2/c1-7(2)10-9-5-6-12(13,15-14-9)11(10)8(3)4/h5-6,9H,1-4H3/t9-,12-/m0/s1. The SMILES string of the molecule is CC(C)=C1C(=C(C)C)[C@]2(Cl)C=C[C@@H]1OO2. The van der Waals surface area contributed by atoms with Crippen molar-refractivity contribution in [3.05, 3.63) is 34.4 Å². The predicted octanol–water partition coefficient (Wildman–Crippen LogP) is 3.49. The van der Waals surface area contributed by atoms with Gasteiger partial charge >= 0.3 is 0 Å². The Balaban J connectivity index is 2.66. The molecule has 2 bridgehead atoms. The summed E-state index contributed by atoms with van der Waals surface area (Å²) in [4.78, 5) is 10.4. The minimum absolute atomic E-state index is 0.111. The maximum atomic E-state index is 6.37. The van der Waals surface area contributed by atoms with Crippen LogP contribution >= 0.6 is 11.6 Å². The zero-order valence-corrected chi connectivity index (χ0v) is 10.2. The summed E-state index contributed by atoms with van der Waals surface area (Å²) in [7, 11) is 0. The van der Waals surface area contributed by atoms with Crippen molar-refractivity contribution in [2.75, 3.05) is 0 Å². The van der Waals surface area contributed by atoms with E-state index in [1.165, 1.54) is 11.1 Å². The van der Waals surface area contributed by atoms with Crippen LogP contribution in [0, 0.1) is 0 Å². The number of hydrogen-bond donors (Lipinski definition) is 0. The Morgan fingerprint density at radius 3 is 2.27 bits per heavy atom. The second-order valence-electron chi connectivity index (χ2n) is 4.39. The Morgan fingerprint density at radius 1 is 1.27 bits per heavy atom. The zero-order valence-electron chi connectivity index (χ0n) is 9.43. The highest BCUT2D eigenvalue weighted by molar-refractivity contribution is 6.27. The average Bonchev–Trinajstić information content (AvgIpc) is 2.16. The van der Waals surface area contributed by atoms with Gasteiger partial charge in [0.1, 0.15) is 6.10 Å². The van der Waals surface area contributed by atoms with Crippen LogP contribution in [-0.4, -0.2) is 11.2 Å². The fraction of sp³-hybridized carbons (Fsp3) is 0.500. The first-order valence-corrected chi connectivity index (χ1v) is 5.42. The van der Waals surface area contributed by atoms with Gasteiger partial charge in [-0.05, 0) is 45.4 Å². The second-order valence-corrected chi connectivity index (χ2v) is 4.95. The number of hydrogen-bond acceptors (Lipinski definition) is 2. The first-order chi connectivity index (χ1) is 6.96. The zero-order chi connectivity index (χ0) is 11.2. The molecule has 3 rings (SSSR count). The van der Waals surface area contributed by atoms with Gasteiger partial charge in [0, 0.05) is 5.57 Å². The summed E-state index contributed by atoms with van der Waals surface area (Å²) >= 11 is 6.37. The molecule has 2 atom stereocenters. The van der Waals surface area contributed by atoms with Crippen molar-refractivity contribution in [1.29, 1.82) is 0 Å². The van der Waals surface area contributed by atoms with Gasteiger partial charge in [-0.3, -0.25) is 0 Å². The van der Waals surface area contributed by atoms with E-state index in [4.69, 9.17) is 21.4 Å². The highest BCUT2D eigenvalue weighted by Gasteiger charge is 2.46. The summed E-state index contributed by atoms with van der Waals surface area (Å²) in [5, 5.41) is -0.930. The van der Waals surface area contributed by atoms with Crippen molar-refractivity contribution in [1.82, 2.24) is 0 Å². The lowest BCUT2D eigenvalue weighted by molar-refractivity contribution is -0.347. The predicted molar refractivity (Wildman–Crippen MR) is 60.4 cm³/mol. The molecule has 0 N–H and O–H groups in total. The normalized spacial score (nSPS) is 33.5. The van der Waals surface area contributed by atoms with Crippen LogP contribution in [0.3, 0.4) is 0 Å². The molecular formula is C12H15ClO2. The van der Waals surface area contributed by atoms with Crippen molar-refractivity contribution in [3.8, 4) is 0 Å². The van der Waals surface area contributed by atoms with Crippen molar-refractivity contribution < 1.29 is 9.78 Å². The molecule has 0 aromatic carbocycles. The molecule has 2 heterocycles. The summed E-state index contributed by atoms with van der Waals surface area (Å²) in [6.45, 7) is 8.22. The van der Waals surface area contributed by atoms with Crippen LogP contribution in [-0.2, 0) is 9.78 Å². The minimum atomic E-state index is -0.930. The summed E-state index contributed by atoms with van der Waals surface area (Å²) in [5.74, 6) is 0. The molecule has 1 fully saturated rings. The third-order valence-electron chi connectivity index (χ3n) is 2.69. The Kier molecular flexibility index (Phi) is 2.53. The van der Waals surface area contributed by atoms with Crippen LogP contribution in [0.15, 0.2) is 34.4 Å². The van der Waals surface area contributed by atoms with Gasteiger partial charge in [-0.1, -0.05) is 22.7 Å². The molecule has 2 nitrogen and oxygen atoms in total. The molecule has 2 aliphatic heterocycles. The van der Waals surface area contributed by atoms with Gasteiger partial charge in [0.25, 0.3) is 0 Å². The van der Waals surface area contributed by atoms with E-state index in [-0.39, 0.29) is 6.10 Å². The summed E-state index contributed by atoms with van der Waals surface area (Å²) in [6, 6.07) is 0. The van der Waals surface area contributed by atoms with E-state index in [1.807, 2.05) is 26.0 Å². The first-order valence-electron chi connectivity index (χ1n) is 5.04. The Hall–Kier alpha value is -0.570. The van der Waals surface area contributed by atoms with Gasteiger partial charge in [0.15, 0.2) is 0 Å². The summed E-state index contributed by atoms with van der Waals surface area (Å²) in [6.07, 6.45) is 3.70. The minimum Gasteiger partial charge on any atom is -0.222 e. The maximum absolute atomic E-state index is 6.37. The highest BCUT2D eigenvalue weighted by atomic mass is 35.5. The van der Waals surface area contributed by atoms with E-state index < -0.39 is 5.06 Å². The van der Waals surface area contributed by atoms with E-state index in [2.05, 4.69) is 13.8 Å². The van der Waals surface area contributed by atoms with Crippen molar-refractivity contribution in [2.45, 2.75) is 38.9 Å². The molecule has 0 amide bonds. The van der Waals surface area contributed by atoms with Crippen molar-refractivity contribution in [3.63, 3.8) is 0 Å². The number of alkyl halides is 1. The van der Waals surface area contributed by atoms with E-state index in [1.54, 1.807) is 0 Å². The lowest BCUT2D eigenvalue weighted by atomic mass is 9.84. The monoisotopic (exact) mass is 226 g/mol. The molecule has 0 radical (unpaired) electrons. The number of fused-ring (bicyclic) bond motifs is 2. The maximum Gasteiger partial charge on any atom is 0.220 e. The molecule has 82 valence electrons. The van der Waals surface area contributed by atoms with Crippen molar-refractivity contribution >= 4 is 11.6 Å². The lowest BCUT2D eigenvalue weighted by Gasteiger charge is -2.41. The summed E-state index contributed by atoms with van der Waals surface area (Å²) in [5.41, 5.74) is 4.58. The van der Waals surface area contributed by atoms with Crippen molar-refractivity contribution in [2.24, 2.45) is 0 Å². The van der Waals surface area contributed by atoms with E-state index in [0.717, 1.165) is 11.1 Å². The van der Waals surface area contributed by atoms with Crippen LogP contribution in [0.5, 0.6) is 0 Å². The molecule has 0 saturated carbocycles. The van der Waals surface area contributed by atoms with Crippen LogP contribution < -0.4 is 0 Å². The molecule has 15 heavy (non-hydrogen) atoms. The van der Waals surface area contributed by atoms with Crippen LogP contribution in [0.25, 0.3) is 0 Å².